The molecule has 2 aromatic rings. The van der Waals surface area contributed by atoms with E-state index < -0.39 is 0 Å². The molecule has 17 heavy (non-hydrogen) atoms. The molecule has 0 aliphatic rings. The third-order valence-electron chi connectivity index (χ3n) is 2.42. The lowest BCUT2D eigenvalue weighted by molar-refractivity contribution is 0.311. The summed E-state index contributed by atoms with van der Waals surface area (Å²) in [4.78, 5) is 8.91. The molecule has 90 valence electrons. The molecule has 4 nitrogen and oxygen atoms in total. The van der Waals surface area contributed by atoms with Crippen LogP contribution in [0.4, 0.5) is 5.82 Å². The monoisotopic (exact) mass is 295 g/mol. The molecule has 0 bridgehead atoms. The SMILES string of the molecule is CCc1nc(NCCO)c2cc(Br)ccc2n1. The molecule has 0 fully saturated rings. The van der Waals surface area contributed by atoms with E-state index in [-0.39, 0.29) is 6.61 Å². The number of aliphatic hydroxyl groups excluding tert-OH is 1. The van der Waals surface area contributed by atoms with E-state index in [9.17, 15) is 0 Å². The maximum Gasteiger partial charge on any atom is 0.137 e. The second-order valence-electron chi connectivity index (χ2n) is 3.65. The van der Waals surface area contributed by atoms with E-state index in [4.69, 9.17) is 5.11 Å². The van der Waals surface area contributed by atoms with Crippen LogP contribution in [-0.4, -0.2) is 28.2 Å². The minimum atomic E-state index is 0.0843. The molecule has 0 atom stereocenters. The summed E-state index contributed by atoms with van der Waals surface area (Å²) in [5.41, 5.74) is 0.917. The molecule has 0 radical (unpaired) electrons. The first-order valence-corrected chi connectivity index (χ1v) is 6.34. The Hall–Kier alpha value is -1.20. The van der Waals surface area contributed by atoms with Crippen molar-refractivity contribution >= 4 is 32.7 Å². The highest BCUT2D eigenvalue weighted by molar-refractivity contribution is 9.10. The number of hydrogen-bond donors (Lipinski definition) is 2. The summed E-state index contributed by atoms with van der Waals surface area (Å²) in [5.74, 6) is 1.59. The summed E-state index contributed by atoms with van der Waals surface area (Å²) >= 11 is 3.44. The third-order valence-corrected chi connectivity index (χ3v) is 2.92. The molecule has 0 aliphatic heterocycles. The van der Waals surface area contributed by atoms with Crippen molar-refractivity contribution in [3.05, 3.63) is 28.5 Å². The highest BCUT2D eigenvalue weighted by atomic mass is 79.9. The summed E-state index contributed by atoms with van der Waals surface area (Å²) in [6, 6.07) is 5.91. The van der Waals surface area contributed by atoms with Crippen LogP contribution in [0.5, 0.6) is 0 Å². The molecular weight excluding hydrogens is 282 g/mol. The van der Waals surface area contributed by atoms with Crippen LogP contribution in [0, 0.1) is 0 Å². The molecule has 0 saturated heterocycles. The van der Waals surface area contributed by atoms with Gasteiger partial charge >= 0.3 is 0 Å². The molecule has 0 saturated carbocycles. The largest absolute Gasteiger partial charge is 0.395 e. The number of halogens is 1. The fraction of sp³-hybridized carbons (Fsp3) is 0.333. The van der Waals surface area contributed by atoms with Crippen LogP contribution in [0.2, 0.25) is 0 Å². The Kier molecular flexibility index (Phi) is 3.91. The van der Waals surface area contributed by atoms with E-state index in [0.29, 0.717) is 6.54 Å². The Balaban J connectivity index is 2.55. The van der Waals surface area contributed by atoms with Crippen molar-refractivity contribution in [2.45, 2.75) is 13.3 Å². The number of rotatable bonds is 4. The number of aryl methyl sites for hydroxylation is 1. The lowest BCUT2D eigenvalue weighted by Gasteiger charge is -2.09. The maximum atomic E-state index is 8.87. The molecule has 1 heterocycles. The number of fused-ring (bicyclic) bond motifs is 1. The van der Waals surface area contributed by atoms with Gasteiger partial charge in [0.05, 0.1) is 12.1 Å². The van der Waals surface area contributed by atoms with Crippen molar-refractivity contribution in [3.63, 3.8) is 0 Å². The predicted octanol–water partition coefficient (Wildman–Crippen LogP) is 2.36. The average molecular weight is 296 g/mol. The molecule has 2 N–H and O–H groups in total. The highest BCUT2D eigenvalue weighted by Crippen LogP contribution is 2.24. The van der Waals surface area contributed by atoms with Crippen LogP contribution in [0.3, 0.4) is 0 Å². The zero-order valence-corrected chi connectivity index (χ0v) is 11.2. The van der Waals surface area contributed by atoms with Crippen molar-refractivity contribution in [1.82, 2.24) is 9.97 Å². The van der Waals surface area contributed by atoms with Crippen LogP contribution in [0.1, 0.15) is 12.7 Å². The van der Waals surface area contributed by atoms with Crippen molar-refractivity contribution in [3.8, 4) is 0 Å². The quantitative estimate of drug-likeness (QED) is 0.909. The Morgan fingerprint density at radius 2 is 2.18 bits per heavy atom. The second kappa shape index (κ2) is 5.42. The van der Waals surface area contributed by atoms with E-state index in [2.05, 4.69) is 31.2 Å². The highest BCUT2D eigenvalue weighted by Gasteiger charge is 2.06. The van der Waals surface area contributed by atoms with Crippen molar-refractivity contribution < 1.29 is 5.11 Å². The lowest BCUT2D eigenvalue weighted by atomic mass is 10.2. The number of aliphatic hydroxyl groups is 1. The van der Waals surface area contributed by atoms with Gasteiger partial charge in [-0.1, -0.05) is 22.9 Å². The first kappa shape index (κ1) is 12.3. The van der Waals surface area contributed by atoms with Gasteiger partial charge in [0.25, 0.3) is 0 Å². The smallest absolute Gasteiger partial charge is 0.137 e. The van der Waals surface area contributed by atoms with Gasteiger partial charge in [-0.15, -0.1) is 0 Å². The van der Waals surface area contributed by atoms with Gasteiger partial charge in [-0.25, -0.2) is 9.97 Å². The zero-order valence-electron chi connectivity index (χ0n) is 9.57. The lowest BCUT2D eigenvalue weighted by Crippen LogP contribution is -2.09. The standard InChI is InChI=1S/C12H14BrN3O/c1-2-11-15-10-4-3-8(13)7-9(10)12(16-11)14-5-6-17/h3-4,7,17H,2,5-6H2,1H3,(H,14,15,16). The molecule has 0 amide bonds. The molecular formula is C12H14BrN3O. The van der Waals surface area contributed by atoms with Gasteiger partial charge in [-0.3, -0.25) is 0 Å². The number of benzene rings is 1. The van der Waals surface area contributed by atoms with E-state index in [1.54, 1.807) is 0 Å². The first-order chi connectivity index (χ1) is 8.24. The van der Waals surface area contributed by atoms with Gasteiger partial charge in [0.1, 0.15) is 11.6 Å². The summed E-state index contributed by atoms with van der Waals surface area (Å²) in [7, 11) is 0. The molecule has 5 heteroatoms. The summed E-state index contributed by atoms with van der Waals surface area (Å²) in [5, 5.41) is 12.9. The van der Waals surface area contributed by atoms with E-state index >= 15 is 0 Å². The predicted molar refractivity (Wildman–Crippen MR) is 72.2 cm³/mol. The molecule has 0 unspecified atom stereocenters. The minimum Gasteiger partial charge on any atom is -0.395 e. The van der Waals surface area contributed by atoms with Gasteiger partial charge in [-0.05, 0) is 18.2 Å². The topological polar surface area (TPSA) is 58.0 Å². The number of anilines is 1. The van der Waals surface area contributed by atoms with E-state index in [1.165, 1.54) is 0 Å². The molecule has 1 aromatic heterocycles. The Labute approximate surface area is 108 Å². The minimum absolute atomic E-state index is 0.0843. The van der Waals surface area contributed by atoms with Crippen LogP contribution in [-0.2, 0) is 6.42 Å². The second-order valence-corrected chi connectivity index (χ2v) is 4.57. The summed E-state index contributed by atoms with van der Waals surface area (Å²) in [6.07, 6.45) is 0.791. The van der Waals surface area contributed by atoms with Crippen molar-refractivity contribution in [2.75, 3.05) is 18.5 Å². The molecule has 0 spiro atoms. The summed E-state index contributed by atoms with van der Waals surface area (Å²) in [6.45, 7) is 2.60. The maximum absolute atomic E-state index is 8.87. The van der Waals surface area contributed by atoms with Crippen LogP contribution in [0.25, 0.3) is 10.9 Å². The number of nitrogens with one attached hydrogen (secondary N) is 1. The normalized spacial score (nSPS) is 10.8. The van der Waals surface area contributed by atoms with Gasteiger partial charge < -0.3 is 10.4 Å². The Morgan fingerprint density at radius 1 is 1.35 bits per heavy atom. The van der Waals surface area contributed by atoms with Crippen molar-refractivity contribution in [2.24, 2.45) is 0 Å². The fourth-order valence-corrected chi connectivity index (χ4v) is 1.98. The summed E-state index contributed by atoms with van der Waals surface area (Å²) < 4.78 is 0.991. The van der Waals surface area contributed by atoms with Gasteiger partial charge in [0.15, 0.2) is 0 Å². The third kappa shape index (κ3) is 2.73. The van der Waals surface area contributed by atoms with Gasteiger partial charge in [0.2, 0.25) is 0 Å². The van der Waals surface area contributed by atoms with Crippen LogP contribution in [0.15, 0.2) is 22.7 Å². The van der Waals surface area contributed by atoms with Crippen molar-refractivity contribution in [1.29, 1.82) is 0 Å². The number of nitrogens with zero attached hydrogens (tertiary/aromatic N) is 2. The van der Waals surface area contributed by atoms with Crippen LogP contribution < -0.4 is 5.32 Å². The zero-order chi connectivity index (χ0) is 12.3. The van der Waals surface area contributed by atoms with Gasteiger partial charge in [0, 0.05) is 22.8 Å². The van der Waals surface area contributed by atoms with E-state index in [1.807, 2.05) is 25.1 Å². The molecule has 2 rings (SSSR count). The number of aromatic nitrogens is 2. The first-order valence-electron chi connectivity index (χ1n) is 5.55. The van der Waals surface area contributed by atoms with E-state index in [0.717, 1.165) is 33.4 Å². The fourth-order valence-electron chi connectivity index (χ4n) is 1.62. The molecule has 1 aromatic carbocycles. The number of hydrogen-bond acceptors (Lipinski definition) is 4. The Morgan fingerprint density at radius 3 is 2.88 bits per heavy atom. The van der Waals surface area contributed by atoms with Gasteiger partial charge in [-0.2, -0.15) is 0 Å². The Bertz CT molecular complexity index is 530. The van der Waals surface area contributed by atoms with Crippen LogP contribution >= 0.6 is 15.9 Å². The average Bonchev–Trinajstić information content (AvgIpc) is 2.35. The molecule has 0 aliphatic carbocycles.